The summed E-state index contributed by atoms with van der Waals surface area (Å²) in [6.07, 6.45) is 9.11. The van der Waals surface area contributed by atoms with Gasteiger partial charge in [0.05, 0.1) is 20.8 Å². The number of hydrogen-bond donors (Lipinski definition) is 0. The van der Waals surface area contributed by atoms with Gasteiger partial charge in [0.2, 0.25) is 0 Å². The molecule has 0 N–H and O–H groups in total. The summed E-state index contributed by atoms with van der Waals surface area (Å²) in [5, 5.41) is 0. The maximum atomic E-state index is 15.2. The Morgan fingerprint density at radius 3 is 1.38 bits per heavy atom. The van der Waals surface area contributed by atoms with Crippen LogP contribution in [0.2, 0.25) is 32.7 Å². The van der Waals surface area contributed by atoms with Crippen molar-refractivity contribution in [3.8, 4) is 33.8 Å². The van der Waals surface area contributed by atoms with E-state index in [1.807, 2.05) is 24.3 Å². The summed E-state index contributed by atoms with van der Waals surface area (Å²) in [5.74, 6) is -0.244. The van der Waals surface area contributed by atoms with Gasteiger partial charge in [0, 0.05) is 17.7 Å². The molecule has 0 radical (unpaired) electrons. The van der Waals surface area contributed by atoms with Gasteiger partial charge in [0.15, 0.2) is 19.5 Å². The van der Waals surface area contributed by atoms with Crippen LogP contribution in [0.15, 0.2) is 60.7 Å². The Labute approximate surface area is 254 Å². The van der Waals surface area contributed by atoms with E-state index in [4.69, 9.17) is 13.9 Å². The van der Waals surface area contributed by atoms with Crippen molar-refractivity contribution >= 4 is 15.4 Å². The Morgan fingerprint density at radius 2 is 0.929 bits per heavy atom. The zero-order chi connectivity index (χ0) is 30.6. The Morgan fingerprint density at radius 1 is 0.524 bits per heavy atom. The summed E-state index contributed by atoms with van der Waals surface area (Å²) in [4.78, 5) is 0. The summed E-state index contributed by atoms with van der Waals surface area (Å²) in [5.41, 5.74) is 1.69. The Hall–Kier alpha value is -2.49. The number of ether oxygens (including phenoxy) is 2. The van der Waals surface area contributed by atoms with E-state index in [1.54, 1.807) is 36.4 Å². The largest absolute Gasteiger partial charge is 0.494 e. The Bertz CT molecular complexity index is 1220. The molecule has 0 bridgehead atoms. The lowest BCUT2D eigenvalue weighted by atomic mass is 9.98. The van der Waals surface area contributed by atoms with Gasteiger partial charge in [-0.1, -0.05) is 95.1 Å². The van der Waals surface area contributed by atoms with E-state index < -0.39 is 27.1 Å². The summed E-state index contributed by atoms with van der Waals surface area (Å²) in [6, 6.07) is 17.6. The van der Waals surface area contributed by atoms with Crippen molar-refractivity contribution in [3.05, 3.63) is 72.3 Å². The highest BCUT2D eigenvalue weighted by Crippen LogP contribution is 2.33. The molecule has 3 aromatic rings. The lowest BCUT2D eigenvalue weighted by molar-refractivity contribution is 0.266. The summed E-state index contributed by atoms with van der Waals surface area (Å²) < 4.78 is 48.3. The highest BCUT2D eigenvalue weighted by molar-refractivity contribution is 7.37. The van der Waals surface area contributed by atoms with Crippen LogP contribution in [0.4, 0.5) is 8.78 Å². The minimum absolute atomic E-state index is 0.230. The number of halogens is 2. The molecule has 3 aromatic carbocycles. The zero-order valence-electron chi connectivity index (χ0n) is 26.5. The van der Waals surface area contributed by atoms with E-state index in [1.165, 1.54) is 32.1 Å². The Kier molecular flexibility index (Phi) is 13.3. The standard InChI is InChI=1S/C35H50F2O3Si2/c1-7-8-9-10-11-12-25-38-30-19-15-28(16-20-30)32-23-24-33(35(37)34(32)36)29-17-21-31(22-18-29)39-26-13-14-27-40-42(5,6)41(2,3)4/h15-24H,7-14,25-27H2,1-6H3. The second kappa shape index (κ2) is 16.4. The van der Waals surface area contributed by atoms with Gasteiger partial charge in [0.1, 0.15) is 11.5 Å². The van der Waals surface area contributed by atoms with E-state index in [2.05, 4.69) is 39.7 Å². The quantitative estimate of drug-likeness (QED) is 0.106. The molecule has 0 aliphatic heterocycles. The smallest absolute Gasteiger partial charge is 0.173 e. The van der Waals surface area contributed by atoms with Crippen molar-refractivity contribution in [2.24, 2.45) is 0 Å². The first kappa shape index (κ1) is 34.0. The van der Waals surface area contributed by atoms with Gasteiger partial charge >= 0.3 is 0 Å². The highest BCUT2D eigenvalue weighted by atomic mass is 29.3. The van der Waals surface area contributed by atoms with Gasteiger partial charge in [0.25, 0.3) is 0 Å². The zero-order valence-corrected chi connectivity index (χ0v) is 28.5. The lowest BCUT2D eigenvalue weighted by Crippen LogP contribution is -2.54. The third-order valence-electron chi connectivity index (χ3n) is 8.26. The summed E-state index contributed by atoms with van der Waals surface area (Å²) >= 11 is 0. The Balaban J connectivity index is 1.49. The van der Waals surface area contributed by atoms with E-state index in [0.717, 1.165) is 31.6 Å². The van der Waals surface area contributed by atoms with Gasteiger partial charge in [-0.2, -0.15) is 0 Å². The van der Waals surface area contributed by atoms with Crippen molar-refractivity contribution in [1.29, 1.82) is 0 Å². The van der Waals surface area contributed by atoms with Crippen LogP contribution in [-0.2, 0) is 4.43 Å². The third kappa shape index (κ3) is 10.1. The van der Waals surface area contributed by atoms with Crippen LogP contribution >= 0.6 is 0 Å². The molecule has 0 aromatic heterocycles. The lowest BCUT2D eigenvalue weighted by Gasteiger charge is -2.34. The molecule has 0 fully saturated rings. The van der Waals surface area contributed by atoms with Crippen LogP contribution in [0.5, 0.6) is 11.5 Å². The molecule has 0 unspecified atom stereocenters. The predicted octanol–water partition coefficient (Wildman–Crippen LogP) is 10.8. The number of hydrogen-bond acceptors (Lipinski definition) is 3. The van der Waals surface area contributed by atoms with Gasteiger partial charge in [-0.25, -0.2) is 8.78 Å². The highest BCUT2D eigenvalue weighted by Gasteiger charge is 2.38. The molecule has 0 amide bonds. The summed E-state index contributed by atoms with van der Waals surface area (Å²) in [7, 11) is -2.83. The first-order valence-corrected chi connectivity index (χ1v) is 23.0. The molecular weight excluding hydrogens is 563 g/mol. The molecular formula is C35H50F2O3Si2. The SMILES string of the molecule is CCCCCCCCOc1ccc(-c2ccc(-c3ccc(OCCCCO[Si](C)(C)[Si](C)(C)C)cc3)c(F)c2F)cc1. The summed E-state index contributed by atoms with van der Waals surface area (Å²) in [6.45, 7) is 16.1. The van der Waals surface area contributed by atoms with E-state index >= 15 is 8.78 Å². The molecule has 42 heavy (non-hydrogen) atoms. The molecule has 0 atom stereocenters. The van der Waals surface area contributed by atoms with Crippen molar-refractivity contribution in [2.75, 3.05) is 19.8 Å². The van der Waals surface area contributed by atoms with Gasteiger partial charge in [-0.05, 0) is 67.7 Å². The average Bonchev–Trinajstić information content (AvgIpc) is 2.96. The molecule has 3 rings (SSSR count). The van der Waals surface area contributed by atoms with Crippen molar-refractivity contribution in [1.82, 2.24) is 0 Å². The maximum Gasteiger partial charge on any atom is 0.173 e. The van der Waals surface area contributed by atoms with Crippen LogP contribution < -0.4 is 9.47 Å². The van der Waals surface area contributed by atoms with Crippen molar-refractivity contribution in [2.45, 2.75) is 91.0 Å². The molecule has 0 saturated carbocycles. The first-order valence-electron chi connectivity index (χ1n) is 15.6. The maximum absolute atomic E-state index is 15.2. The second-order valence-corrected chi connectivity index (χ2v) is 28.5. The normalized spacial score (nSPS) is 12.0. The number of unbranched alkanes of at least 4 members (excludes halogenated alkanes) is 6. The van der Waals surface area contributed by atoms with Gasteiger partial charge in [-0.3, -0.25) is 0 Å². The first-order chi connectivity index (χ1) is 20.0. The average molecular weight is 613 g/mol. The molecule has 0 aliphatic rings. The van der Waals surface area contributed by atoms with Crippen LogP contribution in [0.1, 0.15) is 58.3 Å². The predicted molar refractivity (Wildman–Crippen MR) is 178 cm³/mol. The molecule has 0 spiro atoms. The van der Waals surface area contributed by atoms with Crippen molar-refractivity contribution < 1.29 is 22.7 Å². The molecule has 0 aliphatic carbocycles. The van der Waals surface area contributed by atoms with E-state index in [9.17, 15) is 0 Å². The molecule has 3 nitrogen and oxygen atoms in total. The molecule has 0 saturated heterocycles. The van der Waals surface area contributed by atoms with E-state index in [-0.39, 0.29) is 11.1 Å². The fourth-order valence-corrected chi connectivity index (χ4v) is 7.16. The molecule has 0 heterocycles. The molecule has 7 heteroatoms. The van der Waals surface area contributed by atoms with Crippen LogP contribution in [0.3, 0.4) is 0 Å². The van der Waals surface area contributed by atoms with Crippen molar-refractivity contribution in [3.63, 3.8) is 0 Å². The topological polar surface area (TPSA) is 27.7 Å². The fourth-order valence-electron chi connectivity index (χ4n) is 4.47. The van der Waals surface area contributed by atoms with Crippen LogP contribution in [0, 0.1) is 11.6 Å². The number of rotatable bonds is 18. The monoisotopic (exact) mass is 612 g/mol. The second-order valence-electron chi connectivity index (χ2n) is 12.6. The van der Waals surface area contributed by atoms with E-state index in [0.29, 0.717) is 30.1 Å². The fraction of sp³-hybridized carbons (Fsp3) is 0.486. The third-order valence-corrected chi connectivity index (χ3v) is 24.1. The minimum Gasteiger partial charge on any atom is -0.494 e. The van der Waals surface area contributed by atoms with Crippen LogP contribution in [-0.4, -0.2) is 35.2 Å². The van der Waals surface area contributed by atoms with Crippen LogP contribution in [0.25, 0.3) is 22.3 Å². The minimum atomic E-state index is -1.58. The van der Waals surface area contributed by atoms with Gasteiger partial charge in [-0.15, -0.1) is 0 Å². The van der Waals surface area contributed by atoms with Gasteiger partial charge < -0.3 is 13.9 Å². The molecule has 230 valence electrons. The number of benzene rings is 3.